The molecule has 1 atom stereocenters. The third kappa shape index (κ3) is 3.33. The summed E-state index contributed by atoms with van der Waals surface area (Å²) < 4.78 is 42.1. The highest BCUT2D eigenvalue weighted by Gasteiger charge is 2.51. The summed E-state index contributed by atoms with van der Waals surface area (Å²) in [7, 11) is 0. The molecule has 29 heavy (non-hydrogen) atoms. The number of hydrogen-bond donors (Lipinski definition) is 1. The first-order valence-electron chi connectivity index (χ1n) is 10.0. The lowest BCUT2D eigenvalue weighted by molar-refractivity contribution is -0.139. The summed E-state index contributed by atoms with van der Waals surface area (Å²) in [6, 6.07) is 1.46. The lowest BCUT2D eigenvalue weighted by Gasteiger charge is -2.41. The van der Waals surface area contributed by atoms with Gasteiger partial charge in [0, 0.05) is 25.7 Å². The van der Waals surface area contributed by atoms with E-state index >= 15 is 0 Å². The van der Waals surface area contributed by atoms with Gasteiger partial charge in [0.2, 0.25) is 5.91 Å². The maximum Gasteiger partial charge on any atom is 0.252 e. The van der Waals surface area contributed by atoms with Crippen LogP contribution in [0.2, 0.25) is 0 Å². The number of piperidine rings is 1. The summed E-state index contributed by atoms with van der Waals surface area (Å²) >= 11 is 0. The number of aliphatic hydroxyl groups is 1. The molecular formula is C20H23F3N4O2. The number of amides is 1. The molecule has 2 saturated heterocycles. The fourth-order valence-electron chi connectivity index (χ4n) is 5.07. The Bertz CT molecular complexity index is 866. The summed E-state index contributed by atoms with van der Waals surface area (Å²) in [5, 5.41) is 18.7. The molecule has 0 aromatic carbocycles. The molecule has 0 bridgehead atoms. The smallest absolute Gasteiger partial charge is 0.252 e. The second-order valence-corrected chi connectivity index (χ2v) is 8.36. The van der Waals surface area contributed by atoms with Crippen molar-refractivity contribution in [2.75, 3.05) is 24.5 Å². The van der Waals surface area contributed by atoms with Crippen LogP contribution in [-0.2, 0) is 4.79 Å². The van der Waals surface area contributed by atoms with Gasteiger partial charge in [-0.05, 0) is 44.9 Å². The van der Waals surface area contributed by atoms with Crippen molar-refractivity contribution in [3.63, 3.8) is 0 Å². The standard InChI is InChI=1S/C20H23F3N4O2/c21-15-14(10-24)16(22)18(25-17(15)23)26-8-1-6-20(11-26)7-9-27(19(20)29)12-2-4-13(28)5-3-12/h12-13,28H,1-9,11H2/t12-,13-,20-/m1/s1. The Morgan fingerprint density at radius 1 is 1.10 bits per heavy atom. The SMILES string of the molecule is N#Cc1c(F)c(F)nc(N2CCC[C@@]3(CCN([C@H]4CC[C@H](O)CC4)C3=O)C2)c1F. The van der Waals surface area contributed by atoms with Crippen LogP contribution in [0.1, 0.15) is 50.5 Å². The number of anilines is 1. The fraction of sp³-hybridized carbons (Fsp3) is 0.650. The number of aliphatic hydroxyl groups excluding tert-OH is 1. The van der Waals surface area contributed by atoms with Gasteiger partial charge >= 0.3 is 0 Å². The Hall–Kier alpha value is -2.34. The van der Waals surface area contributed by atoms with Gasteiger partial charge in [0.25, 0.3) is 5.95 Å². The number of halogens is 3. The Balaban J connectivity index is 1.57. The van der Waals surface area contributed by atoms with Crippen molar-refractivity contribution in [1.82, 2.24) is 9.88 Å². The molecule has 1 saturated carbocycles. The predicted molar refractivity (Wildman–Crippen MR) is 97.3 cm³/mol. The highest BCUT2D eigenvalue weighted by molar-refractivity contribution is 5.86. The molecule has 3 heterocycles. The van der Waals surface area contributed by atoms with E-state index in [1.807, 2.05) is 4.90 Å². The molecule has 1 aliphatic carbocycles. The van der Waals surface area contributed by atoms with E-state index in [1.54, 1.807) is 0 Å². The maximum absolute atomic E-state index is 14.6. The molecule has 3 aliphatic rings. The number of aromatic nitrogens is 1. The Morgan fingerprint density at radius 3 is 2.52 bits per heavy atom. The zero-order valence-corrected chi connectivity index (χ0v) is 16.0. The first kappa shape index (κ1) is 20.0. The van der Waals surface area contributed by atoms with Gasteiger partial charge in [0.05, 0.1) is 11.5 Å². The van der Waals surface area contributed by atoms with Crippen molar-refractivity contribution < 1.29 is 23.1 Å². The van der Waals surface area contributed by atoms with Gasteiger partial charge in [-0.3, -0.25) is 4.79 Å². The topological polar surface area (TPSA) is 80.5 Å². The van der Waals surface area contributed by atoms with Crippen LogP contribution in [-0.4, -0.2) is 52.7 Å². The minimum Gasteiger partial charge on any atom is -0.393 e. The number of nitriles is 1. The van der Waals surface area contributed by atoms with Crippen molar-refractivity contribution in [3.8, 4) is 6.07 Å². The van der Waals surface area contributed by atoms with Crippen molar-refractivity contribution >= 4 is 11.7 Å². The molecule has 0 radical (unpaired) electrons. The maximum atomic E-state index is 14.6. The third-order valence-corrected chi connectivity index (χ3v) is 6.66. The molecule has 9 heteroatoms. The first-order valence-corrected chi connectivity index (χ1v) is 10.0. The van der Waals surface area contributed by atoms with E-state index < -0.39 is 34.4 Å². The highest BCUT2D eigenvalue weighted by Crippen LogP contribution is 2.43. The average molecular weight is 408 g/mol. The highest BCUT2D eigenvalue weighted by atomic mass is 19.2. The van der Waals surface area contributed by atoms with Crippen molar-refractivity contribution in [3.05, 3.63) is 23.1 Å². The number of nitrogens with zero attached hydrogens (tertiary/aromatic N) is 4. The third-order valence-electron chi connectivity index (χ3n) is 6.66. The number of likely N-dealkylation sites (tertiary alicyclic amines) is 1. The first-order chi connectivity index (χ1) is 13.9. The quantitative estimate of drug-likeness (QED) is 0.761. The molecule has 4 rings (SSSR count). The summed E-state index contributed by atoms with van der Waals surface area (Å²) in [5.74, 6) is -4.70. The molecule has 1 aromatic rings. The molecular weight excluding hydrogens is 385 g/mol. The van der Waals surface area contributed by atoms with Crippen LogP contribution in [0.4, 0.5) is 19.0 Å². The van der Waals surface area contributed by atoms with Crippen molar-refractivity contribution in [2.45, 2.75) is 57.1 Å². The van der Waals surface area contributed by atoms with E-state index in [0.717, 1.165) is 12.8 Å². The van der Waals surface area contributed by atoms with Crippen LogP contribution >= 0.6 is 0 Å². The molecule has 1 aromatic heterocycles. The minimum absolute atomic E-state index is 0.00656. The average Bonchev–Trinajstić information content (AvgIpc) is 3.01. The van der Waals surface area contributed by atoms with E-state index in [-0.39, 0.29) is 24.6 Å². The molecule has 156 valence electrons. The number of carbonyl (C=O) groups excluding carboxylic acids is 1. The van der Waals surface area contributed by atoms with Gasteiger partial charge in [-0.15, -0.1) is 0 Å². The van der Waals surface area contributed by atoms with E-state index in [9.17, 15) is 23.1 Å². The normalized spacial score (nSPS) is 30.1. The van der Waals surface area contributed by atoms with Crippen LogP contribution in [0.25, 0.3) is 0 Å². The van der Waals surface area contributed by atoms with Crippen LogP contribution in [0, 0.1) is 34.3 Å². The number of rotatable bonds is 2. The molecule has 0 unspecified atom stereocenters. The lowest BCUT2D eigenvalue weighted by atomic mass is 9.78. The second kappa shape index (κ2) is 7.48. The molecule has 3 fully saturated rings. The van der Waals surface area contributed by atoms with Crippen LogP contribution in [0.5, 0.6) is 0 Å². The Labute approximate surface area is 166 Å². The monoisotopic (exact) mass is 408 g/mol. The zero-order valence-electron chi connectivity index (χ0n) is 16.0. The second-order valence-electron chi connectivity index (χ2n) is 8.36. The van der Waals surface area contributed by atoms with Crippen LogP contribution in [0.3, 0.4) is 0 Å². The summed E-state index contributed by atoms with van der Waals surface area (Å²) in [6.45, 7) is 1.12. The van der Waals surface area contributed by atoms with Gasteiger partial charge in [0.15, 0.2) is 17.5 Å². The van der Waals surface area contributed by atoms with Gasteiger partial charge < -0.3 is 14.9 Å². The van der Waals surface area contributed by atoms with Gasteiger partial charge in [0.1, 0.15) is 11.6 Å². The number of hydrogen-bond acceptors (Lipinski definition) is 5. The summed E-state index contributed by atoms with van der Waals surface area (Å²) in [4.78, 5) is 20.1. The summed E-state index contributed by atoms with van der Waals surface area (Å²) in [6.07, 6.45) is 4.41. The summed E-state index contributed by atoms with van der Waals surface area (Å²) in [5.41, 5.74) is -1.70. The van der Waals surface area contributed by atoms with E-state index in [0.29, 0.717) is 45.2 Å². The predicted octanol–water partition coefficient (Wildman–Crippen LogP) is 2.49. The largest absolute Gasteiger partial charge is 0.393 e. The van der Waals surface area contributed by atoms with Crippen molar-refractivity contribution in [1.29, 1.82) is 5.26 Å². The molecule has 1 spiro atoms. The van der Waals surface area contributed by atoms with E-state index in [1.165, 1.54) is 11.0 Å². The minimum atomic E-state index is -1.59. The molecule has 2 aliphatic heterocycles. The van der Waals surface area contributed by atoms with Gasteiger partial charge in [-0.25, -0.2) is 8.78 Å². The number of carbonyl (C=O) groups is 1. The lowest BCUT2D eigenvalue weighted by Crippen LogP contribution is -2.50. The fourth-order valence-corrected chi connectivity index (χ4v) is 5.07. The van der Waals surface area contributed by atoms with Crippen molar-refractivity contribution in [2.24, 2.45) is 5.41 Å². The van der Waals surface area contributed by atoms with Crippen LogP contribution < -0.4 is 4.90 Å². The Kier molecular flexibility index (Phi) is 5.15. The zero-order chi connectivity index (χ0) is 20.8. The van der Waals surface area contributed by atoms with E-state index in [2.05, 4.69) is 4.98 Å². The number of pyridine rings is 1. The van der Waals surface area contributed by atoms with Gasteiger partial charge in [-0.2, -0.15) is 14.6 Å². The molecule has 6 nitrogen and oxygen atoms in total. The molecule has 1 amide bonds. The van der Waals surface area contributed by atoms with Crippen LogP contribution in [0.15, 0.2) is 0 Å². The molecule has 1 N–H and O–H groups in total. The van der Waals surface area contributed by atoms with Gasteiger partial charge in [-0.1, -0.05) is 0 Å². The Morgan fingerprint density at radius 2 is 1.83 bits per heavy atom. The van der Waals surface area contributed by atoms with E-state index in [4.69, 9.17) is 5.26 Å².